The van der Waals surface area contributed by atoms with Crippen LogP contribution in [0, 0.1) is 0 Å². The maximum Gasteiger partial charge on any atom is 0.262 e. The Morgan fingerprint density at radius 2 is 1.52 bits per heavy atom. The van der Waals surface area contributed by atoms with Crippen molar-refractivity contribution in [3.05, 3.63) is 106 Å². The van der Waals surface area contributed by atoms with Crippen LogP contribution in [0.25, 0.3) is 10.9 Å². The highest BCUT2D eigenvalue weighted by Crippen LogP contribution is 2.18. The summed E-state index contributed by atoms with van der Waals surface area (Å²) in [5.41, 5.74) is 2.77. The number of rotatable bonds is 8. The normalized spacial score (nSPS) is 10.8. The van der Waals surface area contributed by atoms with Crippen LogP contribution in [0.15, 0.2) is 94.9 Å². The molecule has 3 aromatic carbocycles. The summed E-state index contributed by atoms with van der Waals surface area (Å²) >= 11 is 1.29. The van der Waals surface area contributed by atoms with E-state index in [0.717, 1.165) is 11.1 Å². The van der Waals surface area contributed by atoms with Crippen LogP contribution in [-0.2, 0) is 24.3 Å². The number of thioether (sulfide) groups is 1. The molecule has 0 atom stereocenters. The smallest absolute Gasteiger partial charge is 0.262 e. The number of aryl methyl sites for hydroxylation is 1. The second-order valence-corrected chi connectivity index (χ2v) is 8.10. The molecule has 1 heterocycles. The van der Waals surface area contributed by atoms with Gasteiger partial charge in [-0.15, -0.1) is 0 Å². The Balaban J connectivity index is 1.51. The zero-order valence-corrected chi connectivity index (χ0v) is 17.8. The average molecular weight is 430 g/mol. The number of hydrogen-bond acceptors (Lipinski definition) is 4. The number of fused-ring (bicyclic) bond motifs is 1. The molecule has 0 aliphatic rings. The van der Waals surface area contributed by atoms with Crippen LogP contribution < -0.4 is 10.9 Å². The average Bonchev–Trinajstić information content (AvgIpc) is 2.82. The predicted molar refractivity (Wildman–Crippen MR) is 125 cm³/mol. The highest BCUT2D eigenvalue weighted by Gasteiger charge is 2.13. The van der Waals surface area contributed by atoms with Crippen molar-refractivity contribution in [3.63, 3.8) is 0 Å². The largest absolute Gasteiger partial charge is 0.351 e. The minimum Gasteiger partial charge on any atom is -0.351 e. The third kappa shape index (κ3) is 5.41. The highest BCUT2D eigenvalue weighted by atomic mass is 32.2. The van der Waals surface area contributed by atoms with Gasteiger partial charge in [0.1, 0.15) is 0 Å². The Bertz CT molecular complexity index is 1220. The Labute approximate surface area is 185 Å². The number of carbonyl (C=O) groups is 1. The Hall–Kier alpha value is -3.38. The maximum absolute atomic E-state index is 13.1. The first-order chi connectivity index (χ1) is 15.2. The first kappa shape index (κ1) is 20.9. The zero-order valence-electron chi connectivity index (χ0n) is 17.0. The molecule has 31 heavy (non-hydrogen) atoms. The fraction of sp³-hybridized carbons (Fsp3) is 0.160. The van der Waals surface area contributed by atoms with E-state index in [-0.39, 0.29) is 17.2 Å². The van der Waals surface area contributed by atoms with Crippen molar-refractivity contribution in [1.29, 1.82) is 0 Å². The molecule has 5 nitrogen and oxygen atoms in total. The van der Waals surface area contributed by atoms with Gasteiger partial charge in [-0.2, -0.15) is 0 Å². The minimum atomic E-state index is -0.0918. The van der Waals surface area contributed by atoms with Crippen molar-refractivity contribution in [3.8, 4) is 0 Å². The van der Waals surface area contributed by atoms with Crippen molar-refractivity contribution in [2.75, 3.05) is 5.75 Å². The lowest BCUT2D eigenvalue weighted by molar-refractivity contribution is -0.118. The van der Waals surface area contributed by atoms with Gasteiger partial charge in [-0.1, -0.05) is 84.6 Å². The van der Waals surface area contributed by atoms with Gasteiger partial charge in [0.25, 0.3) is 5.56 Å². The van der Waals surface area contributed by atoms with Crippen LogP contribution in [0.5, 0.6) is 0 Å². The van der Waals surface area contributed by atoms with E-state index >= 15 is 0 Å². The van der Waals surface area contributed by atoms with Crippen molar-refractivity contribution in [2.45, 2.75) is 24.7 Å². The van der Waals surface area contributed by atoms with Crippen molar-refractivity contribution >= 4 is 28.6 Å². The fourth-order valence-corrected chi connectivity index (χ4v) is 4.17. The molecule has 0 fully saturated rings. The van der Waals surface area contributed by atoms with E-state index in [9.17, 15) is 9.59 Å². The molecular weight excluding hydrogens is 406 g/mol. The molecule has 0 saturated carbocycles. The molecule has 1 aromatic heterocycles. The van der Waals surface area contributed by atoms with Crippen molar-refractivity contribution in [2.24, 2.45) is 0 Å². The van der Waals surface area contributed by atoms with Crippen LogP contribution in [0.1, 0.15) is 11.1 Å². The summed E-state index contributed by atoms with van der Waals surface area (Å²) in [7, 11) is 0. The second-order valence-electron chi connectivity index (χ2n) is 7.15. The first-order valence-electron chi connectivity index (χ1n) is 10.2. The first-order valence-corrected chi connectivity index (χ1v) is 11.2. The van der Waals surface area contributed by atoms with Crippen LogP contribution in [-0.4, -0.2) is 21.2 Å². The highest BCUT2D eigenvalue weighted by molar-refractivity contribution is 7.99. The summed E-state index contributed by atoms with van der Waals surface area (Å²) in [5.74, 6) is 0.106. The number of hydrogen-bond donors (Lipinski definition) is 1. The lowest BCUT2D eigenvalue weighted by Crippen LogP contribution is -2.27. The van der Waals surface area contributed by atoms with E-state index in [1.807, 2.05) is 78.9 Å². The van der Waals surface area contributed by atoms with Crippen LogP contribution in [0.2, 0.25) is 0 Å². The molecule has 1 amide bonds. The van der Waals surface area contributed by atoms with E-state index in [4.69, 9.17) is 0 Å². The van der Waals surface area contributed by atoms with Gasteiger partial charge < -0.3 is 5.32 Å². The molecule has 0 saturated heterocycles. The SMILES string of the molecule is O=C(CSc1nc2ccccc2c(=O)n1CCc1ccccc1)NCc1ccccc1. The predicted octanol–water partition coefficient (Wildman–Crippen LogP) is 4.05. The third-order valence-corrected chi connectivity index (χ3v) is 5.93. The lowest BCUT2D eigenvalue weighted by Gasteiger charge is -2.13. The van der Waals surface area contributed by atoms with E-state index in [2.05, 4.69) is 10.3 Å². The van der Waals surface area contributed by atoms with E-state index in [0.29, 0.717) is 35.6 Å². The molecule has 4 rings (SSSR count). The molecular formula is C25H23N3O2S. The molecule has 0 radical (unpaired) electrons. The van der Waals surface area contributed by atoms with Gasteiger partial charge in [-0.3, -0.25) is 14.2 Å². The minimum absolute atomic E-state index is 0.0753. The summed E-state index contributed by atoms with van der Waals surface area (Å²) in [5, 5.41) is 4.08. The standard InChI is InChI=1S/C25H23N3O2S/c29-23(26-17-20-11-5-2-6-12-20)18-31-25-27-22-14-8-7-13-21(22)24(30)28(25)16-15-19-9-3-1-4-10-19/h1-14H,15-18H2,(H,26,29). The van der Waals surface area contributed by atoms with Gasteiger partial charge in [-0.05, 0) is 29.7 Å². The fourth-order valence-electron chi connectivity index (χ4n) is 3.32. The number of nitrogens with zero attached hydrogens (tertiary/aromatic N) is 2. The summed E-state index contributed by atoms with van der Waals surface area (Å²) in [6.45, 7) is 0.987. The number of amides is 1. The molecule has 1 N–H and O–H groups in total. The van der Waals surface area contributed by atoms with Crippen LogP contribution >= 0.6 is 11.8 Å². The van der Waals surface area contributed by atoms with Crippen molar-refractivity contribution < 1.29 is 4.79 Å². The number of para-hydroxylation sites is 1. The molecule has 4 aromatic rings. The monoisotopic (exact) mass is 429 g/mol. The maximum atomic E-state index is 13.1. The lowest BCUT2D eigenvalue weighted by atomic mass is 10.1. The van der Waals surface area contributed by atoms with Gasteiger partial charge in [0.15, 0.2) is 5.16 Å². The quantitative estimate of drug-likeness (QED) is 0.339. The Morgan fingerprint density at radius 3 is 2.26 bits per heavy atom. The van der Waals surface area contributed by atoms with Crippen LogP contribution in [0.4, 0.5) is 0 Å². The molecule has 156 valence electrons. The zero-order chi connectivity index (χ0) is 21.5. The van der Waals surface area contributed by atoms with Gasteiger partial charge in [0.05, 0.1) is 16.7 Å². The summed E-state index contributed by atoms with van der Waals surface area (Å²) in [6.07, 6.45) is 0.717. The number of benzene rings is 3. The number of aromatic nitrogens is 2. The van der Waals surface area contributed by atoms with E-state index < -0.39 is 0 Å². The van der Waals surface area contributed by atoms with E-state index in [1.54, 1.807) is 10.6 Å². The van der Waals surface area contributed by atoms with Gasteiger partial charge >= 0.3 is 0 Å². The molecule has 0 aliphatic carbocycles. The van der Waals surface area contributed by atoms with Gasteiger partial charge in [-0.25, -0.2) is 4.98 Å². The van der Waals surface area contributed by atoms with Crippen molar-refractivity contribution in [1.82, 2.24) is 14.9 Å². The van der Waals surface area contributed by atoms with Crippen LogP contribution in [0.3, 0.4) is 0 Å². The molecule has 0 aliphatic heterocycles. The summed E-state index contributed by atoms with van der Waals surface area (Å²) < 4.78 is 1.68. The topological polar surface area (TPSA) is 64.0 Å². The van der Waals surface area contributed by atoms with Gasteiger partial charge in [0, 0.05) is 13.1 Å². The second kappa shape index (κ2) is 10.1. The third-order valence-electron chi connectivity index (χ3n) is 4.96. The molecule has 0 unspecified atom stereocenters. The Kier molecular flexibility index (Phi) is 6.79. The van der Waals surface area contributed by atoms with E-state index in [1.165, 1.54) is 11.8 Å². The molecule has 6 heteroatoms. The van der Waals surface area contributed by atoms with Gasteiger partial charge in [0.2, 0.25) is 5.91 Å². The molecule has 0 bridgehead atoms. The summed E-state index contributed by atoms with van der Waals surface area (Å²) in [6, 6.07) is 27.2. The number of nitrogens with one attached hydrogen (secondary N) is 1. The summed E-state index contributed by atoms with van der Waals surface area (Å²) in [4.78, 5) is 30.2. The Morgan fingerprint density at radius 1 is 0.871 bits per heavy atom. The molecule has 0 spiro atoms. The number of carbonyl (C=O) groups excluding carboxylic acids is 1.